The standard InChI is InChI=1S/C14H22O3.C2H6/c1-5-12(17-11(2)3)10-16-14-8-6-7-13(9-14)15-4;1-2/h6-9,11-12H,5,10H2,1-4H3;1-2H3. The summed E-state index contributed by atoms with van der Waals surface area (Å²) in [5.74, 6) is 1.62. The van der Waals surface area contributed by atoms with E-state index in [4.69, 9.17) is 14.2 Å². The monoisotopic (exact) mass is 268 g/mol. The molecule has 0 aliphatic heterocycles. The zero-order valence-corrected chi connectivity index (χ0v) is 13.1. The topological polar surface area (TPSA) is 27.7 Å². The third kappa shape index (κ3) is 7.73. The highest BCUT2D eigenvalue weighted by atomic mass is 16.5. The van der Waals surface area contributed by atoms with Crippen molar-refractivity contribution in [1.29, 1.82) is 0 Å². The van der Waals surface area contributed by atoms with Gasteiger partial charge in [-0.1, -0.05) is 26.8 Å². The van der Waals surface area contributed by atoms with Crippen LogP contribution in [-0.2, 0) is 4.74 Å². The number of rotatable bonds is 7. The molecule has 0 aliphatic rings. The summed E-state index contributed by atoms with van der Waals surface area (Å²) in [6, 6.07) is 7.61. The van der Waals surface area contributed by atoms with E-state index in [1.165, 1.54) is 0 Å². The molecule has 1 unspecified atom stereocenters. The molecule has 1 aromatic carbocycles. The lowest BCUT2D eigenvalue weighted by Crippen LogP contribution is -2.24. The minimum absolute atomic E-state index is 0.140. The summed E-state index contributed by atoms with van der Waals surface area (Å²) < 4.78 is 16.6. The zero-order chi connectivity index (χ0) is 14.7. The molecule has 0 aromatic heterocycles. The van der Waals surface area contributed by atoms with Crippen LogP contribution in [0.15, 0.2) is 24.3 Å². The highest BCUT2D eigenvalue weighted by Gasteiger charge is 2.09. The Hall–Kier alpha value is -1.22. The molecule has 0 saturated carbocycles. The largest absolute Gasteiger partial charge is 0.497 e. The Balaban J connectivity index is 0.00000154. The molecule has 19 heavy (non-hydrogen) atoms. The molecule has 0 aliphatic carbocycles. The van der Waals surface area contributed by atoms with Crippen molar-refractivity contribution in [3.8, 4) is 11.5 Å². The first-order chi connectivity index (χ1) is 9.15. The van der Waals surface area contributed by atoms with Gasteiger partial charge in [0.25, 0.3) is 0 Å². The number of benzene rings is 1. The predicted molar refractivity (Wildman–Crippen MR) is 80.1 cm³/mol. The Bertz CT molecular complexity index is 324. The van der Waals surface area contributed by atoms with Gasteiger partial charge in [0.15, 0.2) is 0 Å². The molecule has 3 nitrogen and oxygen atoms in total. The van der Waals surface area contributed by atoms with Crippen LogP contribution in [0.1, 0.15) is 41.0 Å². The van der Waals surface area contributed by atoms with Crippen molar-refractivity contribution in [3.63, 3.8) is 0 Å². The molecule has 110 valence electrons. The van der Waals surface area contributed by atoms with Gasteiger partial charge in [-0.2, -0.15) is 0 Å². The van der Waals surface area contributed by atoms with E-state index in [1.807, 2.05) is 52.0 Å². The first-order valence-electron chi connectivity index (χ1n) is 7.08. The molecule has 0 fully saturated rings. The fourth-order valence-electron chi connectivity index (χ4n) is 1.52. The van der Waals surface area contributed by atoms with Crippen molar-refractivity contribution in [2.75, 3.05) is 13.7 Å². The first-order valence-corrected chi connectivity index (χ1v) is 7.08. The van der Waals surface area contributed by atoms with Crippen LogP contribution >= 0.6 is 0 Å². The van der Waals surface area contributed by atoms with Crippen molar-refractivity contribution in [1.82, 2.24) is 0 Å². The molecule has 0 saturated heterocycles. The zero-order valence-electron chi connectivity index (χ0n) is 13.1. The summed E-state index contributed by atoms with van der Waals surface area (Å²) in [7, 11) is 1.65. The van der Waals surface area contributed by atoms with E-state index in [-0.39, 0.29) is 12.2 Å². The Kier molecular flexibility index (Phi) is 9.99. The fraction of sp³-hybridized carbons (Fsp3) is 0.625. The highest BCUT2D eigenvalue weighted by molar-refractivity contribution is 5.32. The van der Waals surface area contributed by atoms with E-state index < -0.39 is 0 Å². The van der Waals surface area contributed by atoms with Crippen molar-refractivity contribution in [3.05, 3.63) is 24.3 Å². The van der Waals surface area contributed by atoms with Crippen molar-refractivity contribution in [2.45, 2.75) is 53.2 Å². The third-order valence-electron chi connectivity index (χ3n) is 2.40. The van der Waals surface area contributed by atoms with Gasteiger partial charge < -0.3 is 14.2 Å². The van der Waals surface area contributed by atoms with E-state index in [2.05, 4.69) is 6.92 Å². The van der Waals surface area contributed by atoms with Crippen LogP contribution in [-0.4, -0.2) is 25.9 Å². The van der Waals surface area contributed by atoms with Gasteiger partial charge in [-0.15, -0.1) is 0 Å². The van der Waals surface area contributed by atoms with Crippen LogP contribution in [0.25, 0.3) is 0 Å². The van der Waals surface area contributed by atoms with Gasteiger partial charge in [-0.3, -0.25) is 0 Å². The minimum atomic E-state index is 0.140. The van der Waals surface area contributed by atoms with Gasteiger partial charge in [-0.25, -0.2) is 0 Å². The molecular formula is C16H28O3. The molecule has 0 radical (unpaired) electrons. The van der Waals surface area contributed by atoms with E-state index in [0.29, 0.717) is 6.61 Å². The van der Waals surface area contributed by atoms with E-state index >= 15 is 0 Å². The SMILES string of the molecule is CC.CCC(COc1cccc(OC)c1)OC(C)C. The van der Waals surface area contributed by atoms with Gasteiger partial charge in [0, 0.05) is 6.07 Å². The summed E-state index contributed by atoms with van der Waals surface area (Å²) >= 11 is 0. The summed E-state index contributed by atoms with van der Waals surface area (Å²) in [6.07, 6.45) is 1.32. The van der Waals surface area contributed by atoms with E-state index in [9.17, 15) is 0 Å². The molecule has 0 amide bonds. The molecule has 1 aromatic rings. The average Bonchev–Trinajstić information content (AvgIpc) is 2.45. The average molecular weight is 268 g/mol. The van der Waals surface area contributed by atoms with Crippen LogP contribution in [0.4, 0.5) is 0 Å². The maximum absolute atomic E-state index is 5.72. The Morgan fingerprint density at radius 3 is 2.26 bits per heavy atom. The number of methoxy groups -OCH3 is 1. The molecule has 0 heterocycles. The van der Waals surface area contributed by atoms with Gasteiger partial charge in [0.1, 0.15) is 18.1 Å². The highest BCUT2D eigenvalue weighted by Crippen LogP contribution is 2.19. The molecule has 0 spiro atoms. The lowest BCUT2D eigenvalue weighted by Gasteiger charge is -2.19. The molecule has 0 bridgehead atoms. The number of hydrogen-bond donors (Lipinski definition) is 0. The Labute approximate surface area is 117 Å². The maximum atomic E-state index is 5.72. The van der Waals surface area contributed by atoms with Crippen LogP contribution in [0.2, 0.25) is 0 Å². The second-order valence-electron chi connectivity index (χ2n) is 4.21. The van der Waals surface area contributed by atoms with Crippen LogP contribution < -0.4 is 9.47 Å². The van der Waals surface area contributed by atoms with Gasteiger partial charge in [-0.05, 0) is 32.4 Å². The van der Waals surface area contributed by atoms with Crippen molar-refractivity contribution < 1.29 is 14.2 Å². The number of hydrogen-bond acceptors (Lipinski definition) is 3. The lowest BCUT2D eigenvalue weighted by molar-refractivity contribution is -0.0188. The van der Waals surface area contributed by atoms with Crippen LogP contribution in [0, 0.1) is 0 Å². The summed E-state index contributed by atoms with van der Waals surface area (Å²) in [5, 5.41) is 0. The molecule has 0 N–H and O–H groups in total. The number of ether oxygens (including phenoxy) is 3. The quantitative estimate of drug-likeness (QED) is 0.737. The Morgan fingerprint density at radius 1 is 1.11 bits per heavy atom. The molecule has 1 rings (SSSR count). The lowest BCUT2D eigenvalue weighted by atomic mass is 10.3. The van der Waals surface area contributed by atoms with Gasteiger partial charge in [0.05, 0.1) is 19.3 Å². The predicted octanol–water partition coefficient (Wildman–Crippen LogP) is 4.30. The minimum Gasteiger partial charge on any atom is -0.497 e. The van der Waals surface area contributed by atoms with E-state index in [1.54, 1.807) is 7.11 Å². The second-order valence-corrected chi connectivity index (χ2v) is 4.21. The van der Waals surface area contributed by atoms with Crippen LogP contribution in [0.5, 0.6) is 11.5 Å². The van der Waals surface area contributed by atoms with Gasteiger partial charge in [0.2, 0.25) is 0 Å². The maximum Gasteiger partial charge on any atom is 0.123 e. The first kappa shape index (κ1) is 17.8. The van der Waals surface area contributed by atoms with Crippen LogP contribution in [0.3, 0.4) is 0 Å². The second kappa shape index (κ2) is 10.7. The summed E-state index contributed by atoms with van der Waals surface area (Å²) in [4.78, 5) is 0. The Morgan fingerprint density at radius 2 is 1.74 bits per heavy atom. The summed E-state index contributed by atoms with van der Waals surface area (Å²) in [5.41, 5.74) is 0. The summed E-state index contributed by atoms with van der Waals surface area (Å²) in [6.45, 7) is 10.7. The molecule has 1 atom stereocenters. The van der Waals surface area contributed by atoms with E-state index in [0.717, 1.165) is 17.9 Å². The normalized spacial score (nSPS) is 11.5. The smallest absolute Gasteiger partial charge is 0.123 e. The van der Waals surface area contributed by atoms with Crippen molar-refractivity contribution >= 4 is 0 Å². The molecular weight excluding hydrogens is 240 g/mol. The van der Waals surface area contributed by atoms with Crippen molar-refractivity contribution in [2.24, 2.45) is 0 Å². The molecule has 3 heteroatoms. The van der Waals surface area contributed by atoms with Gasteiger partial charge >= 0.3 is 0 Å². The third-order valence-corrected chi connectivity index (χ3v) is 2.40. The fourth-order valence-corrected chi connectivity index (χ4v) is 1.52.